The topological polar surface area (TPSA) is 139 Å². The van der Waals surface area contributed by atoms with Gasteiger partial charge in [-0.25, -0.2) is 0 Å². The maximum absolute atomic E-state index is 13.2. The molecule has 5 N–H and O–H groups in total. The van der Waals surface area contributed by atoms with Crippen molar-refractivity contribution in [1.29, 1.82) is 0 Å². The minimum atomic E-state index is -1.14. The lowest BCUT2D eigenvalue weighted by Crippen LogP contribution is -2.58. The van der Waals surface area contributed by atoms with Gasteiger partial charge in [0.15, 0.2) is 1.41 Å². The van der Waals surface area contributed by atoms with Crippen molar-refractivity contribution in [2.75, 3.05) is 0 Å². The molecule has 150 valence electrons. The summed E-state index contributed by atoms with van der Waals surface area (Å²) in [6.07, 6.45) is 5.45. The van der Waals surface area contributed by atoms with Crippen molar-refractivity contribution in [3.8, 4) is 0 Å². The maximum atomic E-state index is 13.2. The first kappa shape index (κ1) is 18.3. The van der Waals surface area contributed by atoms with Crippen LogP contribution in [0.3, 0.4) is 0 Å². The molecule has 4 rings (SSSR count). The standard InChI is InChI=1S/C19H29N3O5/c1-10(17(26)22-14(16(20)25)2-3-15(23)24)21-18(27)19-7-11-4-12(8-19)6-13(5-11)9-19/h10-14H,2-9H2,1H3,(H2,20,25)(H,21,27)(H,22,26)(H,23,24)/t10-,11?,12?,13?,14-,19?/m0/s1/i/hD. The van der Waals surface area contributed by atoms with Crippen molar-refractivity contribution < 1.29 is 25.7 Å². The molecule has 27 heavy (non-hydrogen) atoms. The smallest absolute Gasteiger partial charge is 0.303 e. The van der Waals surface area contributed by atoms with E-state index in [-0.39, 0.29) is 18.7 Å². The van der Waals surface area contributed by atoms with Gasteiger partial charge in [-0.1, -0.05) is 0 Å². The predicted molar refractivity (Wildman–Crippen MR) is 96.2 cm³/mol. The van der Waals surface area contributed by atoms with Crippen molar-refractivity contribution in [1.82, 2.24) is 10.6 Å². The zero-order valence-corrected chi connectivity index (χ0v) is 15.6. The van der Waals surface area contributed by atoms with Gasteiger partial charge in [-0.3, -0.25) is 19.2 Å². The van der Waals surface area contributed by atoms with Gasteiger partial charge in [0.25, 0.3) is 0 Å². The molecule has 4 fully saturated rings. The molecule has 0 radical (unpaired) electrons. The first-order valence-electron chi connectivity index (χ1n) is 10.2. The fourth-order valence-electron chi connectivity index (χ4n) is 5.59. The van der Waals surface area contributed by atoms with Crippen molar-refractivity contribution >= 4 is 23.7 Å². The molecule has 4 saturated carbocycles. The van der Waals surface area contributed by atoms with Gasteiger partial charge in [-0.2, -0.15) is 0 Å². The average Bonchev–Trinajstić information content (AvgIpc) is 2.61. The number of carboxylic acids is 1. The van der Waals surface area contributed by atoms with Gasteiger partial charge < -0.3 is 21.5 Å². The second kappa shape index (κ2) is 7.48. The lowest BCUT2D eigenvalue weighted by atomic mass is 9.49. The molecule has 0 aromatic rings. The van der Waals surface area contributed by atoms with Crippen molar-refractivity contribution in [3.63, 3.8) is 0 Å². The number of carboxylic acid groups (broad SMARTS) is 1. The maximum Gasteiger partial charge on any atom is 0.303 e. The van der Waals surface area contributed by atoms with E-state index >= 15 is 0 Å². The number of carbonyl (C=O) groups is 4. The summed E-state index contributed by atoms with van der Waals surface area (Å²) in [6.45, 7) is 1.44. The first-order valence-corrected chi connectivity index (χ1v) is 9.75. The van der Waals surface area contributed by atoms with Crippen molar-refractivity contribution in [2.45, 2.75) is 70.4 Å². The molecule has 0 aromatic heterocycles. The van der Waals surface area contributed by atoms with Gasteiger partial charge in [0.2, 0.25) is 17.7 Å². The monoisotopic (exact) mass is 380 g/mol. The van der Waals surface area contributed by atoms with Crippen LogP contribution in [0, 0.1) is 23.2 Å². The quantitative estimate of drug-likeness (QED) is 0.487. The van der Waals surface area contributed by atoms with Crippen LogP contribution in [-0.2, 0) is 19.2 Å². The molecule has 0 spiro atoms. The Morgan fingerprint density at radius 3 is 2.11 bits per heavy atom. The summed E-state index contributed by atoms with van der Waals surface area (Å²) in [5, 5.41) is 11.9. The summed E-state index contributed by atoms with van der Waals surface area (Å²) >= 11 is 0. The molecule has 4 aliphatic rings. The molecule has 4 aliphatic carbocycles. The number of amides is 3. The Kier molecular flexibility index (Phi) is 5.06. The summed E-state index contributed by atoms with van der Waals surface area (Å²) in [5.41, 5.74) is 4.71. The minimum Gasteiger partial charge on any atom is -0.481 e. The molecule has 0 saturated heterocycles. The van der Waals surface area contributed by atoms with E-state index in [4.69, 9.17) is 12.3 Å². The van der Waals surface area contributed by atoms with Gasteiger partial charge >= 0.3 is 5.97 Å². The largest absolute Gasteiger partial charge is 0.481 e. The van der Waals surface area contributed by atoms with Crippen molar-refractivity contribution in [2.24, 2.45) is 28.9 Å². The lowest BCUT2D eigenvalue weighted by Gasteiger charge is -2.55. The highest BCUT2D eigenvalue weighted by atomic mass is 16.4. The minimum absolute atomic E-state index is 0.135. The summed E-state index contributed by atoms with van der Waals surface area (Å²) in [5.74, 6) is -1.30. The summed E-state index contributed by atoms with van der Waals surface area (Å²) in [6, 6.07) is -2.23. The van der Waals surface area contributed by atoms with Crippen LogP contribution in [0.5, 0.6) is 0 Å². The molecule has 8 heteroatoms. The SMILES string of the molecule is [2H]N(C(=O)C12CC3CC(CC(C3)C1)C2)[C@@H](C)C(=O)N[C@@H](CCC(=O)O)C(N)=O. The van der Waals surface area contributed by atoms with E-state index in [9.17, 15) is 19.2 Å². The van der Waals surface area contributed by atoms with E-state index in [0.717, 1.165) is 24.6 Å². The van der Waals surface area contributed by atoms with Gasteiger partial charge in [0.05, 0.1) is 0 Å². The molecule has 0 aromatic carbocycles. The van der Waals surface area contributed by atoms with Crippen LogP contribution in [0.1, 0.15) is 58.3 Å². The number of nitrogens with one attached hydrogen (secondary N) is 2. The highest BCUT2D eigenvalue weighted by molar-refractivity contribution is 5.93. The number of primary amides is 1. The van der Waals surface area contributed by atoms with Gasteiger partial charge in [0, 0.05) is 11.8 Å². The Balaban J connectivity index is 1.63. The Hall–Kier alpha value is -2.12. The average molecular weight is 380 g/mol. The first-order chi connectivity index (χ1) is 13.1. The molecular weight excluding hydrogens is 350 g/mol. The van der Waals surface area contributed by atoms with E-state index in [1.54, 1.807) is 0 Å². The van der Waals surface area contributed by atoms with Crippen LogP contribution in [0.25, 0.3) is 0 Å². The fourth-order valence-corrected chi connectivity index (χ4v) is 5.59. The lowest BCUT2D eigenvalue weighted by molar-refractivity contribution is -0.148. The van der Waals surface area contributed by atoms with E-state index in [2.05, 4.69) is 5.32 Å². The predicted octanol–water partition coefficient (Wildman–Crippen LogP) is 0.542. The second-order valence-electron chi connectivity index (χ2n) is 8.70. The molecule has 4 bridgehead atoms. The van der Waals surface area contributed by atoms with E-state index in [1.807, 2.05) is 0 Å². The summed E-state index contributed by atoms with van der Waals surface area (Å²) < 4.78 is 8.28. The Bertz CT molecular complexity index is 647. The van der Waals surface area contributed by atoms with Crippen LogP contribution in [0.4, 0.5) is 0 Å². The number of rotatable bonds is 8. The molecule has 3 amide bonds. The van der Waals surface area contributed by atoms with E-state index in [0.29, 0.717) is 17.8 Å². The third-order valence-corrected chi connectivity index (χ3v) is 6.49. The van der Waals surface area contributed by atoms with Crippen LogP contribution in [-0.4, -0.2) is 40.9 Å². The van der Waals surface area contributed by atoms with Crippen LogP contribution >= 0.6 is 0 Å². The Morgan fingerprint density at radius 1 is 1.15 bits per heavy atom. The van der Waals surface area contributed by atoms with E-state index < -0.39 is 35.3 Å². The molecule has 0 aliphatic heterocycles. The van der Waals surface area contributed by atoms with Crippen LogP contribution in [0.15, 0.2) is 0 Å². The third kappa shape index (κ3) is 4.25. The molecular formula is C19H29N3O5. The fraction of sp³-hybridized carbons (Fsp3) is 0.789. The number of hydrogen-bond acceptors (Lipinski definition) is 4. The molecule has 8 nitrogen and oxygen atoms in total. The zero-order chi connectivity index (χ0) is 20.6. The van der Waals surface area contributed by atoms with E-state index in [1.165, 1.54) is 26.2 Å². The van der Waals surface area contributed by atoms with Crippen LogP contribution in [0.2, 0.25) is 1.41 Å². The Labute approximate surface area is 160 Å². The zero-order valence-electron chi connectivity index (χ0n) is 16.6. The number of carbonyl (C=O) groups excluding carboxylic acids is 3. The van der Waals surface area contributed by atoms with Crippen LogP contribution < -0.4 is 16.4 Å². The number of hydrogen-bond donors (Lipinski definition) is 4. The summed E-state index contributed by atoms with van der Waals surface area (Å²) in [7, 11) is 0. The summed E-state index contributed by atoms with van der Waals surface area (Å²) in [4.78, 5) is 47.9. The third-order valence-electron chi connectivity index (χ3n) is 6.49. The number of aliphatic carboxylic acids is 1. The molecule has 0 unspecified atom stereocenters. The second-order valence-corrected chi connectivity index (χ2v) is 8.70. The highest BCUT2D eigenvalue weighted by Crippen LogP contribution is 2.60. The normalized spacial score (nSPS) is 33.7. The van der Waals surface area contributed by atoms with Crippen molar-refractivity contribution in [3.05, 3.63) is 0 Å². The molecule has 0 heterocycles. The number of nitrogens with two attached hydrogens (primary N) is 1. The van der Waals surface area contributed by atoms with Gasteiger partial charge in [-0.15, -0.1) is 0 Å². The highest BCUT2D eigenvalue weighted by Gasteiger charge is 2.54. The Morgan fingerprint density at radius 2 is 1.67 bits per heavy atom. The van der Waals surface area contributed by atoms with Gasteiger partial charge in [-0.05, 0) is 69.6 Å². The molecule has 2 atom stereocenters. The van der Waals surface area contributed by atoms with Gasteiger partial charge in [0.1, 0.15) is 12.1 Å².